The molecule has 0 bridgehead atoms. The van der Waals surface area contributed by atoms with Gasteiger partial charge in [-0.25, -0.2) is 4.39 Å². The van der Waals surface area contributed by atoms with Crippen molar-refractivity contribution in [2.45, 2.75) is 39.7 Å². The van der Waals surface area contributed by atoms with Crippen LogP contribution < -0.4 is 5.32 Å². The Hall–Kier alpha value is -1.15. The number of benzene rings is 1. The first-order valence-corrected chi connectivity index (χ1v) is 6.18. The lowest BCUT2D eigenvalue weighted by molar-refractivity contribution is 0.484. The van der Waals surface area contributed by atoms with Gasteiger partial charge in [0.1, 0.15) is 5.82 Å². The molecule has 0 spiro atoms. The van der Waals surface area contributed by atoms with Crippen LogP contribution in [0.2, 0.25) is 0 Å². The summed E-state index contributed by atoms with van der Waals surface area (Å²) in [5, 5.41) is 3.33. The zero-order chi connectivity index (χ0) is 12.8. The molecule has 0 aliphatic carbocycles. The molecule has 1 rings (SSSR count). The van der Waals surface area contributed by atoms with Crippen LogP contribution in [0.4, 0.5) is 4.39 Å². The molecule has 1 unspecified atom stereocenters. The summed E-state index contributed by atoms with van der Waals surface area (Å²) in [5.41, 5.74) is 2.86. The Morgan fingerprint density at radius 1 is 1.47 bits per heavy atom. The Balaban J connectivity index is 2.84. The Kier molecular flexibility index (Phi) is 5.36. The van der Waals surface area contributed by atoms with Crippen LogP contribution in [-0.2, 0) is 0 Å². The third-order valence-electron chi connectivity index (χ3n) is 2.84. The molecule has 0 heterocycles. The van der Waals surface area contributed by atoms with E-state index in [4.69, 9.17) is 0 Å². The van der Waals surface area contributed by atoms with Gasteiger partial charge in [-0.3, -0.25) is 0 Å². The van der Waals surface area contributed by atoms with Gasteiger partial charge in [0.05, 0.1) is 0 Å². The molecule has 0 saturated carbocycles. The van der Waals surface area contributed by atoms with Gasteiger partial charge >= 0.3 is 0 Å². The first-order chi connectivity index (χ1) is 8.04. The van der Waals surface area contributed by atoms with Crippen molar-refractivity contribution in [1.82, 2.24) is 5.32 Å². The topological polar surface area (TPSA) is 12.0 Å². The Bertz CT molecular complexity index is 385. The minimum atomic E-state index is -0.113. The molecule has 0 saturated heterocycles. The molecule has 1 aromatic carbocycles. The van der Waals surface area contributed by atoms with E-state index in [-0.39, 0.29) is 11.9 Å². The summed E-state index contributed by atoms with van der Waals surface area (Å²) in [6.07, 6.45) is 1.81. The number of halogens is 1. The van der Waals surface area contributed by atoms with Crippen molar-refractivity contribution < 1.29 is 4.39 Å². The Morgan fingerprint density at radius 3 is 2.71 bits per heavy atom. The minimum absolute atomic E-state index is 0.0808. The average molecular weight is 235 g/mol. The van der Waals surface area contributed by atoms with Gasteiger partial charge in [0, 0.05) is 11.6 Å². The van der Waals surface area contributed by atoms with Gasteiger partial charge < -0.3 is 5.32 Å². The van der Waals surface area contributed by atoms with Crippen LogP contribution in [0.25, 0.3) is 0 Å². The number of aryl methyl sites for hydroxylation is 1. The summed E-state index contributed by atoms with van der Waals surface area (Å²) in [6.45, 7) is 10.7. The lowest BCUT2D eigenvalue weighted by Gasteiger charge is -2.19. The number of hydrogen-bond acceptors (Lipinski definition) is 1. The summed E-state index contributed by atoms with van der Waals surface area (Å²) in [6, 6.07) is 5.53. The summed E-state index contributed by atoms with van der Waals surface area (Å²) in [7, 11) is 0. The van der Waals surface area contributed by atoms with Crippen LogP contribution in [0.5, 0.6) is 0 Å². The average Bonchev–Trinajstić information content (AvgIpc) is 2.24. The summed E-state index contributed by atoms with van der Waals surface area (Å²) >= 11 is 0. The third kappa shape index (κ3) is 4.31. The molecular weight excluding hydrogens is 213 g/mol. The zero-order valence-electron chi connectivity index (χ0n) is 11.0. The maximum absolute atomic E-state index is 13.9. The summed E-state index contributed by atoms with van der Waals surface area (Å²) < 4.78 is 13.9. The molecule has 2 heteroatoms. The molecule has 1 atom stereocenters. The van der Waals surface area contributed by atoms with E-state index < -0.39 is 0 Å². The van der Waals surface area contributed by atoms with Gasteiger partial charge in [-0.2, -0.15) is 0 Å². The van der Waals surface area contributed by atoms with Gasteiger partial charge in [0.15, 0.2) is 0 Å². The van der Waals surface area contributed by atoms with Crippen molar-refractivity contribution in [2.24, 2.45) is 0 Å². The Labute approximate surface area is 104 Å². The van der Waals surface area contributed by atoms with E-state index in [0.717, 1.165) is 36.1 Å². The van der Waals surface area contributed by atoms with E-state index in [1.807, 2.05) is 32.9 Å². The van der Waals surface area contributed by atoms with Crippen molar-refractivity contribution >= 4 is 0 Å². The molecule has 0 fully saturated rings. The predicted octanol–water partition coefficient (Wildman–Crippen LogP) is 4.14. The predicted molar refractivity (Wildman–Crippen MR) is 71.6 cm³/mol. The molecule has 0 radical (unpaired) electrons. The monoisotopic (exact) mass is 235 g/mol. The SMILES string of the molecule is C=C(C)CCC(NCC)c1ccc(C)cc1F. The molecule has 1 aromatic rings. The van der Waals surface area contributed by atoms with Gasteiger partial charge in [0.2, 0.25) is 0 Å². The normalized spacial score (nSPS) is 12.5. The largest absolute Gasteiger partial charge is 0.310 e. The third-order valence-corrected chi connectivity index (χ3v) is 2.84. The van der Waals surface area contributed by atoms with Crippen LogP contribution in [0.15, 0.2) is 30.4 Å². The van der Waals surface area contributed by atoms with Gasteiger partial charge in [-0.1, -0.05) is 24.6 Å². The maximum atomic E-state index is 13.9. The second kappa shape index (κ2) is 6.55. The molecule has 0 aromatic heterocycles. The first kappa shape index (κ1) is 13.9. The van der Waals surface area contributed by atoms with Crippen molar-refractivity contribution in [1.29, 1.82) is 0 Å². The van der Waals surface area contributed by atoms with Crippen LogP contribution in [0.1, 0.15) is 43.9 Å². The highest BCUT2D eigenvalue weighted by Crippen LogP contribution is 2.23. The highest BCUT2D eigenvalue weighted by atomic mass is 19.1. The van der Waals surface area contributed by atoms with Crippen molar-refractivity contribution in [3.05, 3.63) is 47.3 Å². The highest BCUT2D eigenvalue weighted by molar-refractivity contribution is 5.26. The fourth-order valence-electron chi connectivity index (χ4n) is 1.92. The van der Waals surface area contributed by atoms with Crippen LogP contribution in [0.3, 0.4) is 0 Å². The fraction of sp³-hybridized carbons (Fsp3) is 0.467. The smallest absolute Gasteiger partial charge is 0.128 e. The van der Waals surface area contributed by atoms with E-state index in [0.29, 0.717) is 0 Å². The lowest BCUT2D eigenvalue weighted by Crippen LogP contribution is -2.22. The summed E-state index contributed by atoms with van der Waals surface area (Å²) in [5.74, 6) is -0.113. The second-order valence-electron chi connectivity index (χ2n) is 4.63. The summed E-state index contributed by atoms with van der Waals surface area (Å²) in [4.78, 5) is 0. The molecule has 1 nitrogen and oxygen atoms in total. The van der Waals surface area contributed by atoms with Crippen LogP contribution in [-0.4, -0.2) is 6.54 Å². The molecule has 0 amide bonds. The van der Waals surface area contributed by atoms with Gasteiger partial charge in [-0.05, 0) is 44.9 Å². The molecule has 1 N–H and O–H groups in total. The van der Waals surface area contributed by atoms with E-state index in [9.17, 15) is 4.39 Å². The van der Waals surface area contributed by atoms with Crippen molar-refractivity contribution in [3.63, 3.8) is 0 Å². The molecular formula is C15H22FN. The molecule has 0 aliphatic heterocycles. The van der Waals surface area contributed by atoms with E-state index in [2.05, 4.69) is 11.9 Å². The zero-order valence-corrected chi connectivity index (χ0v) is 11.0. The quantitative estimate of drug-likeness (QED) is 0.731. The lowest BCUT2D eigenvalue weighted by atomic mass is 9.98. The van der Waals surface area contributed by atoms with Gasteiger partial charge in [-0.15, -0.1) is 6.58 Å². The maximum Gasteiger partial charge on any atom is 0.128 e. The van der Waals surface area contributed by atoms with Crippen LogP contribution in [0, 0.1) is 12.7 Å². The first-order valence-electron chi connectivity index (χ1n) is 6.18. The number of rotatable bonds is 6. The minimum Gasteiger partial charge on any atom is -0.310 e. The fourth-order valence-corrected chi connectivity index (χ4v) is 1.92. The number of allylic oxidation sites excluding steroid dienone is 1. The molecule has 94 valence electrons. The second-order valence-corrected chi connectivity index (χ2v) is 4.63. The van der Waals surface area contributed by atoms with Crippen molar-refractivity contribution in [3.8, 4) is 0 Å². The number of hydrogen-bond donors (Lipinski definition) is 1. The van der Waals surface area contributed by atoms with E-state index in [1.54, 1.807) is 6.07 Å². The van der Waals surface area contributed by atoms with E-state index >= 15 is 0 Å². The standard InChI is InChI=1S/C15H22FN/c1-5-17-15(9-6-11(2)3)13-8-7-12(4)10-14(13)16/h7-8,10,15,17H,2,5-6,9H2,1,3-4H3. The van der Waals surface area contributed by atoms with Crippen molar-refractivity contribution in [2.75, 3.05) is 6.54 Å². The van der Waals surface area contributed by atoms with Crippen LogP contribution >= 0.6 is 0 Å². The molecule has 0 aliphatic rings. The number of nitrogens with one attached hydrogen (secondary N) is 1. The van der Waals surface area contributed by atoms with Gasteiger partial charge in [0.25, 0.3) is 0 Å². The molecule has 17 heavy (non-hydrogen) atoms. The van der Waals surface area contributed by atoms with E-state index in [1.165, 1.54) is 0 Å². The highest BCUT2D eigenvalue weighted by Gasteiger charge is 2.14. The Morgan fingerprint density at radius 2 is 2.18 bits per heavy atom.